The van der Waals surface area contributed by atoms with Crippen molar-refractivity contribution >= 4 is 0 Å². The van der Waals surface area contributed by atoms with E-state index in [4.69, 9.17) is 0 Å². The first-order valence-electron chi connectivity index (χ1n) is 6.55. The standard InChI is InChI=1S/C14H29N3/c1-12(2,3)10-11(13(4,5)6)17(16-15-10)14(7,8)9/h10-11H,1-9H3. The predicted octanol–water partition coefficient (Wildman–Crippen LogP) is 4.30. The Hall–Kier alpha value is -0.600. The van der Waals surface area contributed by atoms with Crippen molar-refractivity contribution in [3.63, 3.8) is 0 Å². The summed E-state index contributed by atoms with van der Waals surface area (Å²) in [7, 11) is 0. The molecule has 2 atom stereocenters. The van der Waals surface area contributed by atoms with E-state index in [1.54, 1.807) is 0 Å². The van der Waals surface area contributed by atoms with Crippen molar-refractivity contribution in [3.05, 3.63) is 0 Å². The Morgan fingerprint density at radius 2 is 1.24 bits per heavy atom. The molecule has 0 spiro atoms. The molecule has 0 saturated heterocycles. The van der Waals surface area contributed by atoms with Gasteiger partial charge < -0.3 is 0 Å². The average molecular weight is 239 g/mol. The van der Waals surface area contributed by atoms with Gasteiger partial charge in [0, 0.05) is 0 Å². The maximum absolute atomic E-state index is 4.55. The summed E-state index contributed by atoms with van der Waals surface area (Å²) >= 11 is 0. The minimum Gasteiger partial charge on any atom is -0.268 e. The Balaban J connectivity index is 3.12. The van der Waals surface area contributed by atoms with Crippen molar-refractivity contribution in [2.24, 2.45) is 21.2 Å². The van der Waals surface area contributed by atoms with E-state index in [1.807, 2.05) is 0 Å². The van der Waals surface area contributed by atoms with Gasteiger partial charge >= 0.3 is 0 Å². The van der Waals surface area contributed by atoms with Gasteiger partial charge in [0.15, 0.2) is 0 Å². The Morgan fingerprint density at radius 1 is 0.765 bits per heavy atom. The molecule has 0 amide bonds. The van der Waals surface area contributed by atoms with Crippen molar-refractivity contribution in [2.45, 2.75) is 79.9 Å². The predicted molar refractivity (Wildman–Crippen MR) is 72.9 cm³/mol. The minimum atomic E-state index is 0.0292. The van der Waals surface area contributed by atoms with Crippen molar-refractivity contribution in [3.8, 4) is 0 Å². The lowest BCUT2D eigenvalue weighted by atomic mass is 9.72. The number of nitrogens with zero attached hydrogens (tertiary/aromatic N) is 3. The summed E-state index contributed by atoms with van der Waals surface area (Å²) in [6.07, 6.45) is 0. The largest absolute Gasteiger partial charge is 0.268 e. The van der Waals surface area contributed by atoms with Crippen LogP contribution in [0.2, 0.25) is 0 Å². The molecule has 17 heavy (non-hydrogen) atoms. The van der Waals surface area contributed by atoms with Gasteiger partial charge in [0.05, 0.1) is 11.6 Å². The Morgan fingerprint density at radius 3 is 1.53 bits per heavy atom. The highest BCUT2D eigenvalue weighted by atomic mass is 15.6. The first-order chi connectivity index (χ1) is 7.35. The zero-order valence-electron chi connectivity index (χ0n) is 13.0. The molecule has 3 nitrogen and oxygen atoms in total. The lowest BCUT2D eigenvalue weighted by Gasteiger charge is -2.45. The highest BCUT2D eigenvalue weighted by Gasteiger charge is 2.49. The maximum Gasteiger partial charge on any atom is 0.100 e. The van der Waals surface area contributed by atoms with Crippen LogP contribution in [0.25, 0.3) is 0 Å². The third kappa shape index (κ3) is 2.99. The number of hydrogen-bond acceptors (Lipinski definition) is 3. The van der Waals surface area contributed by atoms with E-state index in [2.05, 4.69) is 77.7 Å². The fraction of sp³-hybridized carbons (Fsp3) is 1.00. The van der Waals surface area contributed by atoms with Crippen LogP contribution >= 0.6 is 0 Å². The molecular weight excluding hydrogens is 210 g/mol. The van der Waals surface area contributed by atoms with Gasteiger partial charge in [-0.3, -0.25) is 5.01 Å². The van der Waals surface area contributed by atoms with Crippen LogP contribution in [0.5, 0.6) is 0 Å². The van der Waals surface area contributed by atoms with E-state index in [9.17, 15) is 0 Å². The highest BCUT2D eigenvalue weighted by molar-refractivity contribution is 5.02. The van der Waals surface area contributed by atoms with E-state index in [0.717, 1.165) is 0 Å². The molecule has 1 heterocycles. The fourth-order valence-electron chi connectivity index (χ4n) is 2.40. The molecule has 3 heteroatoms. The summed E-state index contributed by atoms with van der Waals surface area (Å²) in [5.74, 6) is 0. The molecule has 100 valence electrons. The summed E-state index contributed by atoms with van der Waals surface area (Å²) in [5.41, 5.74) is 0.359. The number of rotatable bonds is 0. The lowest BCUT2D eigenvalue weighted by molar-refractivity contribution is 0.0185. The zero-order chi connectivity index (χ0) is 13.6. The summed E-state index contributed by atoms with van der Waals surface area (Å²) in [5, 5.41) is 11.2. The summed E-state index contributed by atoms with van der Waals surface area (Å²) in [6.45, 7) is 20.2. The molecule has 0 aliphatic carbocycles. The highest BCUT2D eigenvalue weighted by Crippen LogP contribution is 2.43. The van der Waals surface area contributed by atoms with Gasteiger partial charge in [0.2, 0.25) is 0 Å². The van der Waals surface area contributed by atoms with Crippen LogP contribution in [-0.4, -0.2) is 22.6 Å². The van der Waals surface area contributed by atoms with Crippen LogP contribution < -0.4 is 0 Å². The molecule has 0 bridgehead atoms. The van der Waals surface area contributed by atoms with Crippen molar-refractivity contribution < 1.29 is 0 Å². The molecular formula is C14H29N3. The van der Waals surface area contributed by atoms with Crippen LogP contribution in [0, 0.1) is 10.8 Å². The topological polar surface area (TPSA) is 28.0 Å². The monoisotopic (exact) mass is 239 g/mol. The molecule has 0 aromatic heterocycles. The van der Waals surface area contributed by atoms with Gasteiger partial charge in [-0.05, 0) is 31.6 Å². The van der Waals surface area contributed by atoms with Crippen LogP contribution in [-0.2, 0) is 0 Å². The third-order valence-electron chi connectivity index (χ3n) is 3.30. The van der Waals surface area contributed by atoms with Crippen LogP contribution in [0.4, 0.5) is 0 Å². The minimum absolute atomic E-state index is 0.0292. The van der Waals surface area contributed by atoms with Gasteiger partial charge in [-0.1, -0.05) is 46.8 Å². The van der Waals surface area contributed by atoms with Crippen LogP contribution in [0.1, 0.15) is 62.3 Å². The Kier molecular flexibility index (Phi) is 3.37. The van der Waals surface area contributed by atoms with Crippen molar-refractivity contribution in [1.29, 1.82) is 0 Å². The first-order valence-corrected chi connectivity index (χ1v) is 6.55. The zero-order valence-corrected chi connectivity index (χ0v) is 13.0. The summed E-state index contributed by atoms with van der Waals surface area (Å²) < 4.78 is 0. The van der Waals surface area contributed by atoms with Gasteiger partial charge in [0.25, 0.3) is 0 Å². The Bertz CT molecular complexity index is 275. The van der Waals surface area contributed by atoms with E-state index >= 15 is 0 Å². The number of hydrogen-bond donors (Lipinski definition) is 0. The van der Waals surface area contributed by atoms with Crippen molar-refractivity contribution in [1.82, 2.24) is 5.01 Å². The quantitative estimate of drug-likeness (QED) is 0.619. The molecule has 0 aromatic rings. The van der Waals surface area contributed by atoms with Gasteiger partial charge in [-0.2, -0.15) is 5.11 Å². The summed E-state index contributed by atoms with van der Waals surface area (Å²) in [4.78, 5) is 0. The smallest absolute Gasteiger partial charge is 0.100 e. The molecule has 0 aromatic carbocycles. The van der Waals surface area contributed by atoms with Gasteiger partial charge in [0.1, 0.15) is 6.04 Å². The molecule has 1 rings (SSSR count). The fourth-order valence-corrected chi connectivity index (χ4v) is 2.40. The molecule has 1 aliphatic heterocycles. The SMILES string of the molecule is CC(C)(C)C1N=NN(C(C)(C)C)C1C(C)(C)C. The van der Waals surface area contributed by atoms with Crippen LogP contribution in [0.3, 0.4) is 0 Å². The van der Waals surface area contributed by atoms with E-state index < -0.39 is 0 Å². The van der Waals surface area contributed by atoms with E-state index in [1.165, 1.54) is 0 Å². The molecule has 1 aliphatic rings. The second-order valence-electron chi connectivity index (χ2n) is 8.34. The van der Waals surface area contributed by atoms with E-state index in [-0.39, 0.29) is 22.4 Å². The summed E-state index contributed by atoms with van der Waals surface area (Å²) in [6, 6.07) is 0.629. The maximum atomic E-state index is 4.55. The molecule has 0 radical (unpaired) electrons. The molecule has 2 unspecified atom stereocenters. The second kappa shape index (κ2) is 3.96. The van der Waals surface area contributed by atoms with Crippen molar-refractivity contribution in [2.75, 3.05) is 0 Å². The van der Waals surface area contributed by atoms with E-state index in [0.29, 0.717) is 6.04 Å². The third-order valence-corrected chi connectivity index (χ3v) is 3.30. The Labute approximate surface area is 107 Å². The molecule has 0 N–H and O–H groups in total. The van der Waals surface area contributed by atoms with Gasteiger partial charge in [-0.25, -0.2) is 0 Å². The molecule has 0 saturated carbocycles. The second-order valence-corrected chi connectivity index (χ2v) is 8.34. The average Bonchev–Trinajstić information content (AvgIpc) is 2.42. The normalized spacial score (nSPS) is 26.8. The lowest BCUT2D eigenvalue weighted by Crippen LogP contribution is -2.54. The van der Waals surface area contributed by atoms with Gasteiger partial charge in [-0.15, -0.1) is 0 Å². The molecule has 0 fully saturated rings. The first kappa shape index (κ1) is 14.5. The van der Waals surface area contributed by atoms with Crippen LogP contribution in [0.15, 0.2) is 10.3 Å².